The molecule has 228 valence electrons. The van der Waals surface area contributed by atoms with Gasteiger partial charge in [0.25, 0.3) is 5.91 Å². The number of anilines is 1. The fourth-order valence-electron chi connectivity index (χ4n) is 7.88. The van der Waals surface area contributed by atoms with Gasteiger partial charge in [-0.05, 0) is 61.3 Å². The number of ketones is 2. The van der Waals surface area contributed by atoms with Gasteiger partial charge < -0.3 is 31.1 Å². The molecule has 0 spiro atoms. The van der Waals surface area contributed by atoms with Crippen LogP contribution in [-0.2, 0) is 22.6 Å². The number of Topliss-reactive ketones (excluding diaryl/α,β-unsaturated/α-hetero) is 2. The Balaban J connectivity index is 1.54. The molecule has 1 aromatic carbocycles. The van der Waals surface area contributed by atoms with Crippen molar-refractivity contribution >= 4 is 23.2 Å². The molecule has 0 radical (unpaired) electrons. The first-order chi connectivity index (χ1) is 19.9. The number of allylic oxidation sites excluding steroid dienone is 2. The van der Waals surface area contributed by atoms with Crippen molar-refractivity contribution in [3.05, 3.63) is 45.4 Å². The Bertz CT molecular complexity index is 1370. The summed E-state index contributed by atoms with van der Waals surface area (Å²) in [6, 6.07) is 1.62. The molecule has 10 nitrogen and oxygen atoms in total. The fraction of sp³-hybridized carbons (Fsp3) is 0.594. The van der Waals surface area contributed by atoms with Crippen LogP contribution in [0.1, 0.15) is 79.8 Å². The number of hydrogen-bond acceptors (Lipinski definition) is 9. The lowest BCUT2D eigenvalue weighted by atomic mass is 9.60. The van der Waals surface area contributed by atoms with Gasteiger partial charge in [0.2, 0.25) is 5.78 Å². The maximum absolute atomic E-state index is 14.0. The standard InChI is InChI=1S/C32H43N3O7/c1-4-35(15-17-9-7-5-6-8-10-17)16-19-13-22(36)25-21(27(19)34(2)3)12-18-11-20-14-23(37)26(31(33)41)30(40)32(20,42)29(39)24(18)28(25)38/h13,17-18,20,36-37,39,42H,4-12,14-16H2,1-3H3,(H2,33,41)/t18?,20-,32-/m0/s1. The van der Waals surface area contributed by atoms with Crippen LogP contribution in [-0.4, -0.2) is 75.6 Å². The molecule has 5 rings (SSSR count). The van der Waals surface area contributed by atoms with Crippen LogP contribution in [0.5, 0.6) is 5.75 Å². The van der Waals surface area contributed by atoms with E-state index in [1.807, 2.05) is 19.0 Å². The number of carbonyl (C=O) groups is 3. The van der Waals surface area contributed by atoms with Gasteiger partial charge in [-0.1, -0.05) is 32.6 Å². The van der Waals surface area contributed by atoms with Gasteiger partial charge in [0.05, 0.1) is 5.56 Å². The van der Waals surface area contributed by atoms with Crippen molar-refractivity contribution in [2.75, 3.05) is 32.1 Å². The average Bonchev–Trinajstić information content (AvgIpc) is 3.18. The zero-order valence-electron chi connectivity index (χ0n) is 24.8. The number of hydrogen-bond donors (Lipinski definition) is 5. The van der Waals surface area contributed by atoms with Gasteiger partial charge in [-0.2, -0.15) is 0 Å². The normalized spacial score (nSPS) is 26.6. The number of nitrogens with two attached hydrogens (primary N) is 1. The molecule has 6 N–H and O–H groups in total. The molecule has 4 aliphatic rings. The van der Waals surface area contributed by atoms with Gasteiger partial charge in [-0.15, -0.1) is 0 Å². The van der Waals surface area contributed by atoms with E-state index in [4.69, 9.17) is 5.73 Å². The number of phenolic OH excluding ortho intramolecular Hbond substituents is 1. The number of carbonyl (C=O) groups excluding carboxylic acids is 3. The molecule has 42 heavy (non-hydrogen) atoms. The number of amides is 1. The molecular weight excluding hydrogens is 538 g/mol. The second kappa shape index (κ2) is 11.4. The SMILES string of the molecule is CCN(Cc1cc(O)c2c(c1N(C)C)CC1C[C@H]3CC(O)=C(C(N)=O)C(=O)[C@@]3(O)C(O)=C1C2=O)CC1CCCCCC1. The summed E-state index contributed by atoms with van der Waals surface area (Å²) in [6.45, 7) is 4.57. The van der Waals surface area contributed by atoms with Gasteiger partial charge in [-0.3, -0.25) is 19.3 Å². The predicted molar refractivity (Wildman–Crippen MR) is 157 cm³/mol. The molecule has 0 bridgehead atoms. The number of nitrogens with zero attached hydrogens (tertiary/aromatic N) is 2. The maximum Gasteiger partial charge on any atom is 0.255 e. The number of aliphatic hydroxyl groups excluding tert-OH is 2. The highest BCUT2D eigenvalue weighted by molar-refractivity contribution is 6.24. The first-order valence-electron chi connectivity index (χ1n) is 15.1. The van der Waals surface area contributed by atoms with Crippen molar-refractivity contribution in [3.63, 3.8) is 0 Å². The summed E-state index contributed by atoms with van der Waals surface area (Å²) in [5.74, 6) is -5.53. The second-order valence-corrected chi connectivity index (χ2v) is 12.7. The molecule has 0 aromatic heterocycles. The highest BCUT2D eigenvalue weighted by atomic mass is 16.3. The van der Waals surface area contributed by atoms with Crippen LogP contribution in [0.2, 0.25) is 0 Å². The Morgan fingerprint density at radius 2 is 1.74 bits per heavy atom. The largest absolute Gasteiger partial charge is 0.511 e. The van der Waals surface area contributed by atoms with Crippen molar-refractivity contribution in [1.82, 2.24) is 4.90 Å². The Morgan fingerprint density at radius 1 is 1.07 bits per heavy atom. The van der Waals surface area contributed by atoms with Crippen LogP contribution in [0.4, 0.5) is 5.69 Å². The van der Waals surface area contributed by atoms with Crippen molar-refractivity contribution < 1.29 is 34.8 Å². The third-order valence-electron chi connectivity index (χ3n) is 9.89. The lowest BCUT2D eigenvalue weighted by Crippen LogP contribution is -2.57. The molecule has 1 aromatic rings. The summed E-state index contributed by atoms with van der Waals surface area (Å²) in [6.07, 6.45) is 7.72. The molecule has 1 unspecified atom stereocenters. The number of phenols is 1. The number of benzene rings is 1. The van der Waals surface area contributed by atoms with E-state index in [1.54, 1.807) is 6.07 Å². The number of fused-ring (bicyclic) bond motifs is 3. The minimum atomic E-state index is -2.56. The summed E-state index contributed by atoms with van der Waals surface area (Å²) in [4.78, 5) is 43.4. The quantitative estimate of drug-likeness (QED) is 0.240. The minimum Gasteiger partial charge on any atom is -0.511 e. The number of rotatable bonds is 7. The van der Waals surface area contributed by atoms with E-state index in [9.17, 15) is 34.8 Å². The Morgan fingerprint density at radius 3 is 2.33 bits per heavy atom. The predicted octanol–water partition coefficient (Wildman–Crippen LogP) is 3.44. The van der Waals surface area contributed by atoms with Crippen LogP contribution in [0, 0.1) is 17.8 Å². The number of aromatic hydroxyl groups is 1. The molecular formula is C32H43N3O7. The monoisotopic (exact) mass is 581 g/mol. The molecule has 10 heteroatoms. The summed E-state index contributed by atoms with van der Waals surface area (Å²) in [5, 5.41) is 44.4. The van der Waals surface area contributed by atoms with Gasteiger partial charge in [0.1, 0.15) is 22.8 Å². The van der Waals surface area contributed by atoms with Gasteiger partial charge in [0, 0.05) is 50.8 Å². The van der Waals surface area contributed by atoms with Crippen molar-refractivity contribution in [2.45, 2.75) is 76.9 Å². The van der Waals surface area contributed by atoms with E-state index in [1.165, 1.54) is 38.5 Å². The summed E-state index contributed by atoms with van der Waals surface area (Å²) in [5.41, 5.74) is 4.27. The van der Waals surface area contributed by atoms with Gasteiger partial charge in [0.15, 0.2) is 11.4 Å². The van der Waals surface area contributed by atoms with Crippen LogP contribution in [0.3, 0.4) is 0 Å². The van der Waals surface area contributed by atoms with Crippen LogP contribution in [0.15, 0.2) is 28.7 Å². The van der Waals surface area contributed by atoms with E-state index >= 15 is 0 Å². The van der Waals surface area contributed by atoms with E-state index in [2.05, 4.69) is 11.8 Å². The zero-order chi connectivity index (χ0) is 30.5. The highest BCUT2D eigenvalue weighted by Crippen LogP contribution is 2.52. The zero-order valence-corrected chi connectivity index (χ0v) is 24.8. The van der Waals surface area contributed by atoms with Crippen molar-refractivity contribution in [1.29, 1.82) is 0 Å². The molecule has 4 aliphatic carbocycles. The smallest absolute Gasteiger partial charge is 0.255 e. The van der Waals surface area contributed by atoms with Gasteiger partial charge in [-0.25, -0.2) is 0 Å². The Hall–Kier alpha value is -3.37. The van der Waals surface area contributed by atoms with Crippen molar-refractivity contribution in [3.8, 4) is 5.75 Å². The second-order valence-electron chi connectivity index (χ2n) is 12.7. The van der Waals surface area contributed by atoms with Crippen LogP contribution in [0.25, 0.3) is 0 Å². The summed E-state index contributed by atoms with van der Waals surface area (Å²) >= 11 is 0. The lowest BCUT2D eigenvalue weighted by Gasteiger charge is -2.46. The van der Waals surface area contributed by atoms with E-state index in [-0.39, 0.29) is 36.1 Å². The van der Waals surface area contributed by atoms with Gasteiger partial charge >= 0.3 is 0 Å². The fourth-order valence-corrected chi connectivity index (χ4v) is 7.88. The third-order valence-corrected chi connectivity index (χ3v) is 9.89. The number of primary amides is 1. The molecule has 3 atom stereocenters. The molecule has 1 amide bonds. The summed E-state index contributed by atoms with van der Waals surface area (Å²) in [7, 11) is 3.80. The molecule has 1 saturated carbocycles. The molecule has 0 heterocycles. The first kappa shape index (κ1) is 30.1. The molecule has 1 fully saturated rings. The average molecular weight is 582 g/mol. The number of aliphatic hydroxyl groups is 3. The molecule has 0 saturated heterocycles. The van der Waals surface area contributed by atoms with E-state index in [0.29, 0.717) is 18.0 Å². The topological polar surface area (TPSA) is 165 Å². The van der Waals surface area contributed by atoms with Crippen LogP contribution < -0.4 is 10.6 Å². The summed E-state index contributed by atoms with van der Waals surface area (Å²) < 4.78 is 0. The van der Waals surface area contributed by atoms with E-state index < -0.39 is 52.0 Å². The van der Waals surface area contributed by atoms with Crippen LogP contribution >= 0.6 is 0 Å². The maximum atomic E-state index is 14.0. The Kier molecular flexibility index (Phi) is 8.15. The first-order valence-corrected chi connectivity index (χ1v) is 15.1. The molecule has 0 aliphatic heterocycles. The van der Waals surface area contributed by atoms with Crippen molar-refractivity contribution in [2.24, 2.45) is 23.5 Å². The minimum absolute atomic E-state index is 0.0471. The highest BCUT2D eigenvalue weighted by Gasteiger charge is 2.59. The van der Waals surface area contributed by atoms with E-state index in [0.717, 1.165) is 24.3 Å². The third kappa shape index (κ3) is 4.88. The lowest BCUT2D eigenvalue weighted by molar-refractivity contribution is -0.144. The Labute approximate surface area is 246 Å².